The highest BCUT2D eigenvalue weighted by Crippen LogP contribution is 2.37. The van der Waals surface area contributed by atoms with Gasteiger partial charge in [-0.1, -0.05) is 156 Å². The molecule has 0 atom stereocenters. The minimum atomic E-state index is -7.76. The summed E-state index contributed by atoms with van der Waals surface area (Å²) in [5.41, 5.74) is 0. The third kappa shape index (κ3) is 18.1. The molecule has 0 spiro atoms. The molecule has 0 heterocycles. The lowest BCUT2D eigenvalue weighted by Crippen LogP contribution is -2.80. The Morgan fingerprint density at radius 1 is 0.302 bits per heavy atom. The monoisotopic (exact) mass is 868 g/mol. The molecule has 53 heavy (non-hydrogen) atoms. The predicted octanol–water partition coefficient (Wildman–Crippen LogP) is 8.93. The zero-order valence-electron chi connectivity index (χ0n) is 32.5. The first-order valence-corrected chi connectivity index (χ1v) is 27.8. The molecular weight excluding hydrogens is 801 g/mol. The molecule has 0 unspecified atom stereocenters. The van der Waals surface area contributed by atoms with Gasteiger partial charge < -0.3 is 0 Å². The van der Waals surface area contributed by atoms with Crippen LogP contribution in [-0.2, 0) is 40.1 Å². The number of sulfonamides is 4. The molecule has 0 aliphatic rings. The minimum Gasteiger partial charge on any atom is -0.210 e. The van der Waals surface area contributed by atoms with Gasteiger partial charge in [-0.05, 0) is 42.5 Å². The largest absolute Gasteiger partial charge is 0.554 e. The molecular formula is C32H68F4N4O8S4Si. The first-order valence-electron chi connectivity index (χ1n) is 19.6. The molecule has 0 bridgehead atoms. The predicted molar refractivity (Wildman–Crippen MR) is 206 cm³/mol. The van der Waals surface area contributed by atoms with Gasteiger partial charge in [0.1, 0.15) is 0 Å². The van der Waals surface area contributed by atoms with E-state index in [-0.39, 0.29) is 51.4 Å². The molecule has 0 aliphatic heterocycles. The first kappa shape index (κ1) is 52.6. The second-order valence-corrected chi connectivity index (χ2v) is 25.4. The fourth-order valence-electron chi connectivity index (χ4n) is 5.70. The van der Waals surface area contributed by atoms with Gasteiger partial charge in [0.25, 0.3) is 0 Å². The van der Waals surface area contributed by atoms with Crippen LogP contribution in [0.5, 0.6) is 0 Å². The molecule has 0 aromatic carbocycles. The van der Waals surface area contributed by atoms with Gasteiger partial charge in [0.15, 0.2) is 0 Å². The van der Waals surface area contributed by atoms with Crippen molar-refractivity contribution in [2.45, 2.75) is 182 Å². The summed E-state index contributed by atoms with van der Waals surface area (Å²) in [5.74, 6) is -4.92. The summed E-state index contributed by atoms with van der Waals surface area (Å²) in [6.45, 7) is 7.74. The number of unbranched alkanes of at least 4 members (excludes halogenated alkanes) is 20. The number of rotatable bonds is 36. The van der Waals surface area contributed by atoms with E-state index in [0.717, 1.165) is 51.4 Å². The van der Waals surface area contributed by atoms with Gasteiger partial charge in [0.2, 0.25) is 40.1 Å². The van der Waals surface area contributed by atoms with Crippen molar-refractivity contribution in [2.75, 3.05) is 23.0 Å². The number of nitrogens with zero attached hydrogens (tertiary/aromatic N) is 4. The van der Waals surface area contributed by atoms with Crippen LogP contribution in [0.2, 0.25) is 0 Å². The van der Waals surface area contributed by atoms with E-state index in [9.17, 15) is 33.7 Å². The van der Waals surface area contributed by atoms with E-state index in [1.807, 2.05) is 27.7 Å². The van der Waals surface area contributed by atoms with E-state index in [4.69, 9.17) is 0 Å². The number of halogens is 4. The lowest BCUT2D eigenvalue weighted by atomic mass is 10.1. The van der Waals surface area contributed by atoms with Gasteiger partial charge in [-0.2, -0.15) is 0 Å². The van der Waals surface area contributed by atoms with Gasteiger partial charge in [-0.25, -0.2) is 33.7 Å². The van der Waals surface area contributed by atoms with Crippen molar-refractivity contribution < 1.29 is 51.6 Å². The molecule has 21 heteroatoms. The first-order chi connectivity index (χ1) is 24.9. The summed E-state index contributed by atoms with van der Waals surface area (Å²) < 4.78 is 167. The van der Waals surface area contributed by atoms with Crippen molar-refractivity contribution in [2.24, 2.45) is 0 Å². The number of hydrogen-bond acceptors (Lipinski definition) is 8. The Bertz CT molecular complexity index is 1200. The lowest BCUT2D eigenvalue weighted by molar-refractivity contribution is 0.0319. The standard InChI is InChI=1S/C32H68F4N4O8S4Si/c1-5-9-13-17-21-25-29-49(41,42)37(33)53(38(34)50(43,44)30-26-22-18-14-10-6-2,39(35)51(45,46)31-27-23-19-15-11-7-3)40(36)52(47,48)32-28-24-20-16-12-8-4/h5-32H2,1-4H3. The van der Waals surface area contributed by atoms with Gasteiger partial charge >= 0.3 is 8.72 Å². The average Bonchev–Trinajstić information content (AvgIpc) is 3.10. The van der Waals surface area contributed by atoms with Crippen molar-refractivity contribution in [1.82, 2.24) is 16.8 Å². The van der Waals surface area contributed by atoms with E-state index in [0.29, 0.717) is 51.4 Å². The third-order valence-electron chi connectivity index (χ3n) is 8.94. The fourth-order valence-corrected chi connectivity index (χ4v) is 19.9. The maximum atomic E-state index is 16.7. The molecule has 0 aromatic heterocycles. The maximum Gasteiger partial charge on any atom is 0.554 e. The normalized spacial score (nSPS) is 13.7. The van der Waals surface area contributed by atoms with Crippen molar-refractivity contribution in [1.29, 1.82) is 0 Å². The summed E-state index contributed by atoms with van der Waals surface area (Å²) in [6, 6.07) is 0. The maximum absolute atomic E-state index is 16.7. The second-order valence-electron chi connectivity index (χ2n) is 13.8. The third-order valence-corrected chi connectivity index (χ3v) is 22.3. The van der Waals surface area contributed by atoms with Crippen LogP contribution >= 0.6 is 0 Å². The quantitative estimate of drug-likeness (QED) is 0.0262. The summed E-state index contributed by atoms with van der Waals surface area (Å²) in [5, 5.41) is 0. The topological polar surface area (TPSA) is 150 Å². The Kier molecular flexibility index (Phi) is 27.0. The highest BCUT2D eigenvalue weighted by atomic mass is 32.2. The molecule has 0 saturated carbocycles. The molecule has 0 amide bonds. The summed E-state index contributed by atoms with van der Waals surface area (Å²) in [7, 11) is -30.7. The van der Waals surface area contributed by atoms with Crippen LogP contribution in [0.25, 0.3) is 0 Å². The zero-order chi connectivity index (χ0) is 40.6. The van der Waals surface area contributed by atoms with E-state index in [1.54, 1.807) is 0 Å². The van der Waals surface area contributed by atoms with Crippen molar-refractivity contribution in [3.63, 3.8) is 0 Å². The molecule has 320 valence electrons. The fraction of sp³-hybridized carbons (Fsp3) is 1.00. The molecule has 0 rings (SSSR count). The van der Waals surface area contributed by atoms with Crippen molar-refractivity contribution in [3.05, 3.63) is 0 Å². The summed E-state index contributed by atoms with van der Waals surface area (Å²) in [6.07, 6.45) is 10.8. The van der Waals surface area contributed by atoms with Gasteiger partial charge in [0.05, 0.1) is 23.0 Å². The Balaban J connectivity index is 7.22. The Hall–Kier alpha value is -0.423. The zero-order valence-corrected chi connectivity index (χ0v) is 36.8. The van der Waals surface area contributed by atoms with E-state index >= 15 is 17.9 Å². The van der Waals surface area contributed by atoms with Gasteiger partial charge in [-0.3, -0.25) is 0 Å². The van der Waals surface area contributed by atoms with Crippen molar-refractivity contribution >= 4 is 48.8 Å². The van der Waals surface area contributed by atoms with Crippen LogP contribution in [-0.4, -0.2) is 82.2 Å². The Morgan fingerprint density at radius 2 is 0.453 bits per heavy atom. The Morgan fingerprint density at radius 3 is 0.623 bits per heavy atom. The summed E-state index contributed by atoms with van der Waals surface area (Å²) in [4.78, 5) is 0. The minimum absolute atomic E-state index is 0.183. The van der Waals surface area contributed by atoms with E-state index in [2.05, 4.69) is 0 Å². The van der Waals surface area contributed by atoms with Crippen LogP contribution in [0.3, 0.4) is 0 Å². The molecule has 0 aromatic rings. The van der Waals surface area contributed by atoms with Crippen LogP contribution in [0.1, 0.15) is 182 Å². The second kappa shape index (κ2) is 27.3. The van der Waals surface area contributed by atoms with Crippen molar-refractivity contribution in [3.8, 4) is 0 Å². The molecule has 0 fully saturated rings. The van der Waals surface area contributed by atoms with Crippen LogP contribution in [0.15, 0.2) is 0 Å². The number of hydrogen-bond donors (Lipinski definition) is 0. The highest BCUT2D eigenvalue weighted by molar-refractivity contribution is 7.96. The highest BCUT2D eigenvalue weighted by Gasteiger charge is 2.76. The van der Waals surface area contributed by atoms with Gasteiger partial charge in [0, 0.05) is 0 Å². The lowest BCUT2D eigenvalue weighted by Gasteiger charge is -2.40. The van der Waals surface area contributed by atoms with Crippen LogP contribution in [0.4, 0.5) is 17.9 Å². The molecule has 0 radical (unpaired) electrons. The molecule has 12 nitrogen and oxygen atoms in total. The van der Waals surface area contributed by atoms with E-state index in [1.165, 1.54) is 0 Å². The average molecular weight is 869 g/mol. The SMILES string of the molecule is CCCCCCCCS(=O)(=O)N(F)[Si](N(F)S(=O)(=O)CCCCCCCC)(N(F)S(=O)(=O)CCCCCCCC)N(F)S(=O)(=O)CCCCCCCC. The summed E-state index contributed by atoms with van der Waals surface area (Å²) >= 11 is 0. The molecule has 0 saturated heterocycles. The Labute approximate surface area is 320 Å². The molecule has 0 N–H and O–H groups in total. The van der Waals surface area contributed by atoms with Gasteiger partial charge in [-0.15, -0.1) is 17.9 Å². The molecule has 0 aliphatic carbocycles. The van der Waals surface area contributed by atoms with Crippen LogP contribution in [0, 0.1) is 0 Å². The van der Waals surface area contributed by atoms with Crippen LogP contribution < -0.4 is 0 Å². The smallest absolute Gasteiger partial charge is 0.210 e. The van der Waals surface area contributed by atoms with E-state index < -0.39 is 88.6 Å².